The van der Waals surface area contributed by atoms with Crippen LogP contribution in [0.15, 0.2) is 24.3 Å². The van der Waals surface area contributed by atoms with Crippen molar-refractivity contribution in [1.29, 1.82) is 0 Å². The van der Waals surface area contributed by atoms with Gasteiger partial charge in [0.25, 0.3) is 0 Å². The van der Waals surface area contributed by atoms with Crippen molar-refractivity contribution in [2.75, 3.05) is 0 Å². The Morgan fingerprint density at radius 1 is 1.29 bits per heavy atom. The van der Waals surface area contributed by atoms with Crippen molar-refractivity contribution < 1.29 is 9.90 Å². The highest BCUT2D eigenvalue weighted by atomic mass is 16.4. The number of hydrogen-bond donors (Lipinski definition) is 1. The van der Waals surface area contributed by atoms with Gasteiger partial charge in [0.15, 0.2) is 0 Å². The highest BCUT2D eigenvalue weighted by Crippen LogP contribution is 2.37. The van der Waals surface area contributed by atoms with Gasteiger partial charge in [0.05, 0.1) is 0 Å². The van der Waals surface area contributed by atoms with Crippen molar-refractivity contribution in [2.24, 2.45) is 5.92 Å². The van der Waals surface area contributed by atoms with Crippen LogP contribution in [0.1, 0.15) is 49.1 Å². The third-order valence-corrected chi connectivity index (χ3v) is 3.79. The molecule has 0 bridgehead atoms. The molecule has 1 N–H and O–H groups in total. The van der Waals surface area contributed by atoms with Crippen LogP contribution in [0.4, 0.5) is 0 Å². The summed E-state index contributed by atoms with van der Waals surface area (Å²) in [6.45, 7) is 2.10. The Hall–Kier alpha value is -1.31. The van der Waals surface area contributed by atoms with Gasteiger partial charge >= 0.3 is 5.97 Å². The first-order valence-corrected chi connectivity index (χ1v) is 6.43. The maximum atomic E-state index is 10.8. The number of aryl methyl sites for hydroxylation is 1. The second-order valence-corrected chi connectivity index (χ2v) is 5.24. The molecule has 0 aliphatic heterocycles. The van der Waals surface area contributed by atoms with Crippen molar-refractivity contribution in [1.82, 2.24) is 0 Å². The van der Waals surface area contributed by atoms with Crippen LogP contribution in [0.3, 0.4) is 0 Å². The molecule has 0 spiro atoms. The predicted molar refractivity (Wildman–Crippen MR) is 68.1 cm³/mol. The Labute approximate surface area is 103 Å². The third kappa shape index (κ3) is 3.32. The van der Waals surface area contributed by atoms with Crippen LogP contribution in [0.5, 0.6) is 0 Å². The molecule has 0 radical (unpaired) electrons. The van der Waals surface area contributed by atoms with Gasteiger partial charge in [-0.15, -0.1) is 0 Å². The number of hydrogen-bond acceptors (Lipinski definition) is 1. The Morgan fingerprint density at radius 2 is 2.00 bits per heavy atom. The molecule has 2 nitrogen and oxygen atoms in total. The second-order valence-electron chi connectivity index (χ2n) is 5.24. The van der Waals surface area contributed by atoms with Gasteiger partial charge < -0.3 is 5.11 Å². The first-order chi connectivity index (χ1) is 8.15. The molecular formula is C15H20O2. The molecule has 1 aromatic rings. The van der Waals surface area contributed by atoms with Gasteiger partial charge in [-0.25, -0.2) is 0 Å². The summed E-state index contributed by atoms with van der Waals surface area (Å²) in [7, 11) is 0. The van der Waals surface area contributed by atoms with Crippen LogP contribution < -0.4 is 0 Å². The van der Waals surface area contributed by atoms with Crippen molar-refractivity contribution in [2.45, 2.75) is 44.9 Å². The van der Waals surface area contributed by atoms with E-state index in [1.165, 1.54) is 17.5 Å². The molecule has 2 unspecified atom stereocenters. The zero-order chi connectivity index (χ0) is 12.3. The van der Waals surface area contributed by atoms with E-state index in [0.717, 1.165) is 19.3 Å². The molecule has 2 rings (SSSR count). The Bertz CT molecular complexity index is 380. The van der Waals surface area contributed by atoms with E-state index in [4.69, 9.17) is 5.11 Å². The SMILES string of the molecule is Cc1ccc(C2CCCC(CC(=O)O)C2)cc1. The second kappa shape index (κ2) is 5.35. The van der Waals surface area contributed by atoms with Crippen LogP contribution in [0.2, 0.25) is 0 Å². The minimum atomic E-state index is -0.653. The summed E-state index contributed by atoms with van der Waals surface area (Å²) in [4.78, 5) is 10.8. The van der Waals surface area contributed by atoms with Gasteiger partial charge in [-0.3, -0.25) is 4.79 Å². The van der Waals surface area contributed by atoms with Crippen LogP contribution in [-0.2, 0) is 4.79 Å². The number of benzene rings is 1. The average molecular weight is 232 g/mol. The van der Waals surface area contributed by atoms with E-state index in [1.54, 1.807) is 0 Å². The van der Waals surface area contributed by atoms with Crippen LogP contribution in [0, 0.1) is 12.8 Å². The zero-order valence-electron chi connectivity index (χ0n) is 10.4. The zero-order valence-corrected chi connectivity index (χ0v) is 10.4. The van der Waals surface area contributed by atoms with Gasteiger partial charge in [-0.05, 0) is 43.6 Å². The molecule has 1 aliphatic carbocycles. The lowest BCUT2D eigenvalue weighted by molar-refractivity contribution is -0.138. The van der Waals surface area contributed by atoms with Gasteiger partial charge in [-0.2, -0.15) is 0 Å². The molecule has 92 valence electrons. The number of aliphatic carboxylic acids is 1. The minimum Gasteiger partial charge on any atom is -0.481 e. The van der Waals surface area contributed by atoms with Crippen molar-refractivity contribution >= 4 is 5.97 Å². The number of rotatable bonds is 3. The topological polar surface area (TPSA) is 37.3 Å². The van der Waals surface area contributed by atoms with Crippen LogP contribution >= 0.6 is 0 Å². The van der Waals surface area contributed by atoms with Crippen molar-refractivity contribution in [3.05, 3.63) is 35.4 Å². The van der Waals surface area contributed by atoms with E-state index in [-0.39, 0.29) is 0 Å². The Morgan fingerprint density at radius 3 is 2.65 bits per heavy atom. The fourth-order valence-electron chi connectivity index (χ4n) is 2.86. The Kier molecular flexibility index (Phi) is 3.82. The highest BCUT2D eigenvalue weighted by molar-refractivity contribution is 5.67. The van der Waals surface area contributed by atoms with Crippen molar-refractivity contribution in [3.63, 3.8) is 0 Å². The van der Waals surface area contributed by atoms with Crippen LogP contribution in [0.25, 0.3) is 0 Å². The normalized spacial score (nSPS) is 24.5. The summed E-state index contributed by atoms with van der Waals surface area (Å²) in [5.41, 5.74) is 2.66. The molecule has 1 saturated carbocycles. The fraction of sp³-hybridized carbons (Fsp3) is 0.533. The molecule has 0 heterocycles. The summed E-state index contributed by atoms with van der Waals surface area (Å²) in [6.07, 6.45) is 4.82. The molecule has 2 atom stereocenters. The van der Waals surface area contributed by atoms with Gasteiger partial charge in [0, 0.05) is 6.42 Å². The number of carboxylic acid groups (broad SMARTS) is 1. The first-order valence-electron chi connectivity index (χ1n) is 6.43. The molecule has 2 heteroatoms. The lowest BCUT2D eigenvalue weighted by Crippen LogP contribution is -2.17. The van der Waals surface area contributed by atoms with E-state index in [9.17, 15) is 4.79 Å². The smallest absolute Gasteiger partial charge is 0.303 e. The highest BCUT2D eigenvalue weighted by Gasteiger charge is 2.24. The number of carbonyl (C=O) groups is 1. The molecule has 17 heavy (non-hydrogen) atoms. The minimum absolute atomic E-state index is 0.336. The van der Waals surface area contributed by atoms with E-state index >= 15 is 0 Å². The fourth-order valence-corrected chi connectivity index (χ4v) is 2.86. The molecule has 1 aromatic carbocycles. The largest absolute Gasteiger partial charge is 0.481 e. The maximum Gasteiger partial charge on any atom is 0.303 e. The monoisotopic (exact) mass is 232 g/mol. The molecule has 0 amide bonds. The lowest BCUT2D eigenvalue weighted by Gasteiger charge is -2.28. The number of carboxylic acids is 1. The van der Waals surface area contributed by atoms with Crippen molar-refractivity contribution in [3.8, 4) is 0 Å². The van der Waals surface area contributed by atoms with E-state index in [0.29, 0.717) is 18.3 Å². The summed E-state index contributed by atoms with van der Waals surface area (Å²) >= 11 is 0. The molecule has 1 aliphatic rings. The maximum absolute atomic E-state index is 10.8. The summed E-state index contributed by atoms with van der Waals surface area (Å²) in [5, 5.41) is 8.86. The third-order valence-electron chi connectivity index (χ3n) is 3.79. The van der Waals surface area contributed by atoms with Gasteiger partial charge in [0.1, 0.15) is 0 Å². The van der Waals surface area contributed by atoms with Gasteiger partial charge in [-0.1, -0.05) is 36.2 Å². The molecule has 1 fully saturated rings. The first kappa shape index (κ1) is 12.2. The molecular weight excluding hydrogens is 212 g/mol. The molecule has 0 saturated heterocycles. The standard InChI is InChI=1S/C15H20O2/c1-11-5-7-13(8-6-11)14-4-2-3-12(9-14)10-15(16)17/h5-8,12,14H,2-4,9-10H2,1H3,(H,16,17). The Balaban J connectivity index is 2.01. The van der Waals surface area contributed by atoms with Gasteiger partial charge in [0.2, 0.25) is 0 Å². The van der Waals surface area contributed by atoms with E-state index < -0.39 is 5.97 Å². The van der Waals surface area contributed by atoms with E-state index in [1.807, 2.05) is 0 Å². The molecule has 0 aromatic heterocycles. The van der Waals surface area contributed by atoms with E-state index in [2.05, 4.69) is 31.2 Å². The summed E-state index contributed by atoms with van der Waals surface area (Å²) in [5.74, 6) is 0.279. The predicted octanol–water partition coefficient (Wildman–Crippen LogP) is 3.74. The average Bonchev–Trinajstić information content (AvgIpc) is 2.29. The summed E-state index contributed by atoms with van der Waals surface area (Å²) < 4.78 is 0. The summed E-state index contributed by atoms with van der Waals surface area (Å²) in [6, 6.07) is 8.69. The lowest BCUT2D eigenvalue weighted by atomic mass is 9.77. The van der Waals surface area contributed by atoms with Crippen LogP contribution in [-0.4, -0.2) is 11.1 Å². The quantitative estimate of drug-likeness (QED) is 0.861.